The van der Waals surface area contributed by atoms with Gasteiger partial charge in [-0.05, 0) is 29.8 Å². The first-order valence-electron chi connectivity index (χ1n) is 9.04. The minimum Gasteiger partial charge on any atom is -0.469 e. The second kappa shape index (κ2) is 6.49. The van der Waals surface area contributed by atoms with E-state index in [1.54, 1.807) is 16.7 Å². The molecule has 28 heavy (non-hydrogen) atoms. The van der Waals surface area contributed by atoms with Crippen molar-refractivity contribution in [2.24, 2.45) is 0 Å². The quantitative estimate of drug-likeness (QED) is 0.659. The Balaban J connectivity index is 1.62. The van der Waals surface area contributed by atoms with Gasteiger partial charge in [-0.15, -0.1) is 4.90 Å². The van der Waals surface area contributed by atoms with Crippen LogP contribution in [-0.2, 0) is 17.9 Å². The van der Waals surface area contributed by atoms with Crippen LogP contribution in [0.2, 0.25) is 0 Å². The van der Waals surface area contributed by atoms with E-state index in [0.29, 0.717) is 23.8 Å². The van der Waals surface area contributed by atoms with Crippen LogP contribution in [0.15, 0.2) is 77.4 Å². The maximum atomic E-state index is 13.3. The van der Waals surface area contributed by atoms with E-state index in [1.165, 1.54) is 11.2 Å². The first kappa shape index (κ1) is 16.5. The van der Waals surface area contributed by atoms with Crippen molar-refractivity contribution in [1.82, 2.24) is 4.90 Å². The summed E-state index contributed by atoms with van der Waals surface area (Å²) in [6, 6.07) is 20.2. The molecule has 0 saturated heterocycles. The second-order valence-electron chi connectivity index (χ2n) is 6.74. The van der Waals surface area contributed by atoms with Gasteiger partial charge < -0.3 is 9.15 Å². The van der Waals surface area contributed by atoms with E-state index in [-0.39, 0.29) is 18.5 Å². The highest BCUT2D eigenvalue weighted by atomic mass is 16.5. The minimum absolute atomic E-state index is 0.0689. The molecule has 3 heterocycles. The van der Waals surface area contributed by atoms with E-state index in [1.807, 2.05) is 54.6 Å². The number of hydrogen-bond acceptors (Lipinski definition) is 4. The van der Waals surface area contributed by atoms with Gasteiger partial charge in [0.05, 0.1) is 11.8 Å². The molecule has 2 aromatic carbocycles. The first-order valence-corrected chi connectivity index (χ1v) is 9.04. The van der Waals surface area contributed by atoms with Gasteiger partial charge in [-0.2, -0.15) is 9.37 Å². The van der Waals surface area contributed by atoms with E-state index < -0.39 is 6.10 Å². The molecule has 6 nitrogen and oxygen atoms in total. The Bertz CT molecular complexity index is 1090. The summed E-state index contributed by atoms with van der Waals surface area (Å²) in [5, 5.41) is 0. The van der Waals surface area contributed by atoms with Crippen LogP contribution in [0.1, 0.15) is 16.9 Å². The van der Waals surface area contributed by atoms with E-state index in [2.05, 4.69) is 0 Å². The van der Waals surface area contributed by atoms with Crippen molar-refractivity contribution in [3.63, 3.8) is 0 Å². The lowest BCUT2D eigenvalue weighted by molar-refractivity contribution is -0.457. The zero-order valence-electron chi connectivity index (χ0n) is 14.9. The number of carbonyl (C=O) groups is 2. The molecule has 0 fully saturated rings. The zero-order valence-corrected chi connectivity index (χ0v) is 14.9. The van der Waals surface area contributed by atoms with Crippen molar-refractivity contribution in [3.8, 4) is 5.75 Å². The lowest BCUT2D eigenvalue weighted by Crippen LogP contribution is -2.57. The van der Waals surface area contributed by atoms with Gasteiger partial charge in [0.2, 0.25) is 0 Å². The smallest absolute Gasteiger partial charge is 0.469 e. The molecule has 5 rings (SSSR count). The fraction of sp³-hybridized carbons (Fsp3) is 0.136. The molecule has 6 heteroatoms. The number of urea groups is 1. The zero-order chi connectivity index (χ0) is 19.1. The molecule has 0 radical (unpaired) electrons. The number of rotatable bonds is 4. The Morgan fingerprint density at radius 3 is 2.50 bits per heavy atom. The summed E-state index contributed by atoms with van der Waals surface area (Å²) in [5.41, 5.74) is 2.35. The van der Waals surface area contributed by atoms with Crippen LogP contribution in [0.4, 0.5) is 4.79 Å². The Hall–Kier alpha value is -3.67. The van der Waals surface area contributed by atoms with Crippen molar-refractivity contribution < 1.29 is 23.3 Å². The highest BCUT2D eigenvalue weighted by Crippen LogP contribution is 2.33. The van der Waals surface area contributed by atoms with Gasteiger partial charge in [-0.25, -0.2) is 4.79 Å². The van der Waals surface area contributed by atoms with Gasteiger partial charge in [-0.3, -0.25) is 0 Å². The highest BCUT2D eigenvalue weighted by molar-refractivity contribution is 6.21. The maximum Gasteiger partial charge on any atom is 0.501 e. The average molecular weight is 373 g/mol. The molecule has 0 aliphatic carbocycles. The van der Waals surface area contributed by atoms with Gasteiger partial charge in [0.1, 0.15) is 18.1 Å². The highest BCUT2D eigenvalue weighted by Gasteiger charge is 2.53. The third-order valence-corrected chi connectivity index (χ3v) is 4.98. The molecule has 1 unspecified atom stereocenters. The Morgan fingerprint density at radius 2 is 1.71 bits per heavy atom. The van der Waals surface area contributed by atoms with Crippen LogP contribution in [-0.4, -0.2) is 33.2 Å². The Morgan fingerprint density at radius 1 is 0.929 bits per heavy atom. The SMILES string of the molecule is O=C1C2Oc3ccccc3C2=[N+](Cc2ccccc2)C(=O)N1Cc1ccco1. The van der Waals surface area contributed by atoms with E-state index in [9.17, 15) is 9.59 Å². The molecule has 3 aromatic rings. The molecule has 2 aliphatic heterocycles. The van der Waals surface area contributed by atoms with Crippen LogP contribution in [0.25, 0.3) is 0 Å². The fourth-order valence-corrected chi connectivity index (χ4v) is 3.67. The van der Waals surface area contributed by atoms with Gasteiger partial charge in [0.15, 0.2) is 12.3 Å². The Kier molecular flexibility index (Phi) is 3.83. The summed E-state index contributed by atoms with van der Waals surface area (Å²) < 4.78 is 12.9. The molecule has 0 spiro atoms. The second-order valence-corrected chi connectivity index (χ2v) is 6.74. The number of hydrogen-bond donors (Lipinski definition) is 0. The number of nitrogens with zero attached hydrogens (tertiary/aromatic N) is 2. The molecular formula is C22H17N2O4+. The number of amides is 3. The fourth-order valence-electron chi connectivity index (χ4n) is 3.67. The number of furan rings is 1. The number of imide groups is 1. The molecule has 0 saturated carbocycles. The van der Waals surface area contributed by atoms with Crippen molar-refractivity contribution in [2.45, 2.75) is 19.2 Å². The Labute approximate surface area is 161 Å². The lowest BCUT2D eigenvalue weighted by Gasteiger charge is -2.23. The summed E-state index contributed by atoms with van der Waals surface area (Å²) >= 11 is 0. The summed E-state index contributed by atoms with van der Waals surface area (Å²) in [5.74, 6) is 0.777. The van der Waals surface area contributed by atoms with Crippen LogP contribution in [0.3, 0.4) is 0 Å². The molecule has 138 valence electrons. The van der Waals surface area contributed by atoms with Crippen molar-refractivity contribution in [2.75, 3.05) is 0 Å². The number of para-hydroxylation sites is 1. The monoisotopic (exact) mass is 373 g/mol. The van der Waals surface area contributed by atoms with E-state index in [0.717, 1.165) is 11.1 Å². The maximum absolute atomic E-state index is 13.3. The van der Waals surface area contributed by atoms with Crippen molar-refractivity contribution >= 4 is 17.6 Å². The molecular weight excluding hydrogens is 356 g/mol. The van der Waals surface area contributed by atoms with Crippen molar-refractivity contribution in [3.05, 3.63) is 89.9 Å². The number of fused-ring (bicyclic) bond motifs is 3. The third-order valence-electron chi connectivity index (χ3n) is 4.98. The minimum atomic E-state index is -0.839. The standard InChI is InChI=1S/C22H17N2O4/c25-21-20-19(17-10-4-5-11-18(17)28-20)23(13-15-7-2-1-3-8-15)22(26)24(21)14-16-9-6-12-27-16/h1-12,20H,13-14H2/q+1. The van der Waals surface area contributed by atoms with Crippen LogP contribution < -0.4 is 4.74 Å². The van der Waals surface area contributed by atoms with E-state index >= 15 is 0 Å². The molecule has 0 bridgehead atoms. The summed E-state index contributed by atoms with van der Waals surface area (Å²) in [6.07, 6.45) is 0.684. The molecule has 3 amide bonds. The summed E-state index contributed by atoms with van der Waals surface area (Å²) in [4.78, 5) is 27.6. The largest absolute Gasteiger partial charge is 0.501 e. The molecule has 2 aliphatic rings. The van der Waals surface area contributed by atoms with Crippen LogP contribution >= 0.6 is 0 Å². The topological polar surface area (TPSA) is 62.8 Å². The molecule has 1 atom stereocenters. The molecule has 0 N–H and O–H groups in total. The first-order chi connectivity index (χ1) is 13.7. The van der Waals surface area contributed by atoms with Crippen LogP contribution in [0, 0.1) is 0 Å². The third kappa shape index (κ3) is 2.62. The number of carbonyl (C=O) groups excluding carboxylic acids is 2. The van der Waals surface area contributed by atoms with Gasteiger partial charge in [0.25, 0.3) is 6.10 Å². The predicted octanol–water partition coefficient (Wildman–Crippen LogP) is 3.20. The summed E-state index contributed by atoms with van der Waals surface area (Å²) in [6.45, 7) is 0.421. The van der Waals surface area contributed by atoms with Gasteiger partial charge in [-0.1, -0.05) is 42.5 Å². The van der Waals surface area contributed by atoms with E-state index in [4.69, 9.17) is 9.15 Å². The molecule has 1 aromatic heterocycles. The van der Waals surface area contributed by atoms with Crippen molar-refractivity contribution in [1.29, 1.82) is 0 Å². The average Bonchev–Trinajstić information content (AvgIpc) is 3.37. The number of ether oxygens (including phenoxy) is 1. The summed E-state index contributed by atoms with van der Waals surface area (Å²) in [7, 11) is 0. The number of benzene rings is 2. The lowest BCUT2D eigenvalue weighted by atomic mass is 10.0. The van der Waals surface area contributed by atoms with Crippen LogP contribution in [0.5, 0.6) is 5.75 Å². The normalized spacial score (nSPS) is 18.1. The van der Waals surface area contributed by atoms with Gasteiger partial charge in [0, 0.05) is 0 Å². The van der Waals surface area contributed by atoms with Gasteiger partial charge >= 0.3 is 11.9 Å². The predicted molar refractivity (Wildman–Crippen MR) is 100 cm³/mol.